The van der Waals surface area contributed by atoms with Crippen LogP contribution in [0.2, 0.25) is 0 Å². The van der Waals surface area contributed by atoms with Crippen molar-refractivity contribution < 1.29 is 17.9 Å². The van der Waals surface area contributed by atoms with Crippen molar-refractivity contribution in [3.05, 3.63) is 89.5 Å². The first kappa shape index (κ1) is 26.1. The molecule has 0 bridgehead atoms. The minimum absolute atomic E-state index is 0.0107. The van der Waals surface area contributed by atoms with E-state index in [2.05, 4.69) is 10.0 Å². The Bertz CT molecular complexity index is 1220. The highest BCUT2D eigenvalue weighted by Crippen LogP contribution is 2.31. The predicted molar refractivity (Wildman–Crippen MR) is 140 cm³/mol. The summed E-state index contributed by atoms with van der Waals surface area (Å²) in [5, 5.41) is 10.8. The van der Waals surface area contributed by atoms with Crippen molar-refractivity contribution in [2.45, 2.75) is 26.0 Å². The molecule has 0 aliphatic carbocycles. The van der Waals surface area contributed by atoms with Crippen molar-refractivity contribution in [2.24, 2.45) is 5.73 Å². The van der Waals surface area contributed by atoms with E-state index < -0.39 is 16.1 Å². The number of benzene rings is 3. The SMILES string of the molecule is CCCS(=O)(=O)NC(CNc1ccc(C(=N)N)cc1)c1ccc(OCc2ccccc2)c(OC)c1. The molecule has 186 valence electrons. The maximum atomic E-state index is 12.6. The maximum Gasteiger partial charge on any atom is 0.212 e. The van der Waals surface area contributed by atoms with Gasteiger partial charge in [-0.15, -0.1) is 0 Å². The minimum atomic E-state index is -3.48. The molecule has 1 unspecified atom stereocenters. The van der Waals surface area contributed by atoms with Crippen molar-refractivity contribution in [2.75, 3.05) is 24.7 Å². The number of methoxy groups -OCH3 is 1. The molecule has 3 aromatic rings. The van der Waals surface area contributed by atoms with Gasteiger partial charge in [-0.2, -0.15) is 0 Å². The Labute approximate surface area is 207 Å². The van der Waals surface area contributed by atoms with Crippen LogP contribution >= 0.6 is 0 Å². The number of nitrogens with one attached hydrogen (secondary N) is 3. The highest BCUT2D eigenvalue weighted by Gasteiger charge is 2.21. The van der Waals surface area contributed by atoms with Gasteiger partial charge in [0, 0.05) is 17.8 Å². The molecule has 0 saturated carbocycles. The van der Waals surface area contributed by atoms with Crippen molar-refractivity contribution in [1.82, 2.24) is 4.72 Å². The fourth-order valence-electron chi connectivity index (χ4n) is 3.51. The number of anilines is 1. The van der Waals surface area contributed by atoms with Crippen LogP contribution in [0.3, 0.4) is 0 Å². The second-order valence-corrected chi connectivity index (χ2v) is 9.92. The van der Waals surface area contributed by atoms with E-state index in [1.807, 2.05) is 43.3 Å². The molecule has 0 saturated heterocycles. The quantitative estimate of drug-likeness (QED) is 0.209. The third kappa shape index (κ3) is 7.73. The summed E-state index contributed by atoms with van der Waals surface area (Å²) in [6.07, 6.45) is 0.511. The molecule has 0 aliphatic heterocycles. The number of hydrogen-bond donors (Lipinski definition) is 4. The lowest BCUT2D eigenvalue weighted by molar-refractivity contribution is 0.284. The summed E-state index contributed by atoms with van der Waals surface area (Å²) < 4.78 is 39.5. The van der Waals surface area contributed by atoms with E-state index >= 15 is 0 Å². The van der Waals surface area contributed by atoms with Crippen LogP contribution in [-0.2, 0) is 16.6 Å². The Morgan fingerprint density at radius 2 is 1.74 bits per heavy atom. The van der Waals surface area contributed by atoms with Crippen LogP contribution in [0.4, 0.5) is 5.69 Å². The number of sulfonamides is 1. The molecule has 0 amide bonds. The molecular weight excluding hydrogens is 464 g/mol. The molecular formula is C26H32N4O4S. The van der Waals surface area contributed by atoms with Gasteiger partial charge in [0.25, 0.3) is 0 Å². The summed E-state index contributed by atoms with van der Waals surface area (Å²) in [6, 6.07) is 21.8. The Morgan fingerprint density at radius 3 is 2.37 bits per heavy atom. The molecule has 0 aliphatic rings. The molecule has 0 radical (unpaired) electrons. The van der Waals surface area contributed by atoms with Crippen LogP contribution in [0.1, 0.15) is 36.1 Å². The summed E-state index contributed by atoms with van der Waals surface area (Å²) in [4.78, 5) is 0. The van der Waals surface area contributed by atoms with Gasteiger partial charge in [0.05, 0.1) is 18.9 Å². The van der Waals surface area contributed by atoms with E-state index in [9.17, 15) is 8.42 Å². The zero-order valence-corrected chi connectivity index (χ0v) is 20.8. The Kier molecular flexibility index (Phi) is 9.11. The fraction of sp³-hybridized carbons (Fsp3) is 0.269. The van der Waals surface area contributed by atoms with Crippen LogP contribution in [0.15, 0.2) is 72.8 Å². The lowest BCUT2D eigenvalue weighted by atomic mass is 10.1. The Hall–Kier alpha value is -3.56. The molecule has 5 N–H and O–H groups in total. The normalized spacial score (nSPS) is 12.1. The standard InChI is InChI=1S/C26H32N4O4S/c1-3-15-35(31,32)30-23(17-29-22-12-9-20(10-13-22)26(27)28)21-11-14-24(25(16-21)33-2)34-18-19-7-5-4-6-8-19/h4-14,16,23,29-30H,3,15,17-18H2,1-2H3,(H3,27,28). The van der Waals surface area contributed by atoms with Crippen molar-refractivity contribution in [1.29, 1.82) is 5.41 Å². The molecule has 0 spiro atoms. The Balaban J connectivity index is 1.80. The van der Waals surface area contributed by atoms with Gasteiger partial charge in [0.2, 0.25) is 10.0 Å². The second kappa shape index (κ2) is 12.2. The van der Waals surface area contributed by atoms with Crippen molar-refractivity contribution >= 4 is 21.5 Å². The van der Waals surface area contributed by atoms with Gasteiger partial charge in [0.1, 0.15) is 12.4 Å². The van der Waals surface area contributed by atoms with Crippen LogP contribution in [-0.4, -0.2) is 33.7 Å². The van der Waals surface area contributed by atoms with Gasteiger partial charge in [0.15, 0.2) is 11.5 Å². The number of ether oxygens (including phenoxy) is 2. The zero-order chi connectivity index (χ0) is 25.3. The van der Waals surface area contributed by atoms with Crippen molar-refractivity contribution in [3.63, 3.8) is 0 Å². The van der Waals surface area contributed by atoms with E-state index in [-0.39, 0.29) is 11.6 Å². The van der Waals surface area contributed by atoms with Crippen LogP contribution in [0.25, 0.3) is 0 Å². The van der Waals surface area contributed by atoms with Gasteiger partial charge in [-0.25, -0.2) is 13.1 Å². The van der Waals surface area contributed by atoms with Gasteiger partial charge in [-0.3, -0.25) is 5.41 Å². The van der Waals surface area contributed by atoms with E-state index in [0.29, 0.717) is 36.6 Å². The highest BCUT2D eigenvalue weighted by atomic mass is 32.2. The number of amidine groups is 1. The summed E-state index contributed by atoms with van der Waals surface area (Å²) in [7, 11) is -1.93. The van der Waals surface area contributed by atoms with Gasteiger partial charge < -0.3 is 20.5 Å². The van der Waals surface area contributed by atoms with Gasteiger partial charge in [-0.05, 0) is 53.9 Å². The minimum Gasteiger partial charge on any atom is -0.493 e. The highest BCUT2D eigenvalue weighted by molar-refractivity contribution is 7.89. The summed E-state index contributed by atoms with van der Waals surface area (Å²) in [5.41, 5.74) is 8.69. The molecule has 0 fully saturated rings. The largest absolute Gasteiger partial charge is 0.493 e. The molecule has 3 aromatic carbocycles. The fourth-order valence-corrected chi connectivity index (χ4v) is 4.82. The maximum absolute atomic E-state index is 12.6. The van der Waals surface area contributed by atoms with Gasteiger partial charge >= 0.3 is 0 Å². The molecule has 8 nitrogen and oxygen atoms in total. The van der Waals surface area contributed by atoms with Gasteiger partial charge in [-0.1, -0.05) is 43.3 Å². The van der Waals surface area contributed by atoms with Crippen LogP contribution in [0, 0.1) is 5.41 Å². The van der Waals surface area contributed by atoms with Crippen molar-refractivity contribution in [3.8, 4) is 11.5 Å². The number of hydrogen-bond acceptors (Lipinski definition) is 6. The third-order valence-electron chi connectivity index (χ3n) is 5.33. The van der Waals surface area contributed by atoms with E-state index in [0.717, 1.165) is 16.8 Å². The average Bonchev–Trinajstić information content (AvgIpc) is 2.86. The summed E-state index contributed by atoms with van der Waals surface area (Å²) in [5.74, 6) is 1.11. The van der Waals surface area contributed by atoms with E-state index in [4.69, 9.17) is 20.6 Å². The topological polar surface area (TPSA) is 127 Å². The van der Waals surface area contributed by atoms with Crippen LogP contribution in [0.5, 0.6) is 11.5 Å². The molecule has 1 atom stereocenters. The second-order valence-electron chi connectivity index (χ2n) is 8.05. The lowest BCUT2D eigenvalue weighted by Crippen LogP contribution is -2.34. The number of nitrogen functional groups attached to an aromatic ring is 1. The van der Waals surface area contributed by atoms with Crippen LogP contribution < -0.4 is 25.2 Å². The monoisotopic (exact) mass is 496 g/mol. The molecule has 3 rings (SSSR count). The molecule has 0 aromatic heterocycles. The molecule has 9 heteroatoms. The first-order valence-corrected chi connectivity index (χ1v) is 13.0. The summed E-state index contributed by atoms with van der Waals surface area (Å²) in [6.45, 7) is 2.52. The first-order chi connectivity index (χ1) is 16.8. The first-order valence-electron chi connectivity index (χ1n) is 11.3. The number of rotatable bonds is 13. The molecule has 0 heterocycles. The third-order valence-corrected chi connectivity index (χ3v) is 6.92. The van der Waals surface area contributed by atoms with E-state index in [1.165, 1.54) is 0 Å². The Morgan fingerprint density at radius 1 is 1.03 bits per heavy atom. The predicted octanol–water partition coefficient (Wildman–Crippen LogP) is 4.04. The van der Waals surface area contributed by atoms with E-state index in [1.54, 1.807) is 43.5 Å². The lowest BCUT2D eigenvalue weighted by Gasteiger charge is -2.22. The molecule has 35 heavy (non-hydrogen) atoms. The smallest absolute Gasteiger partial charge is 0.212 e. The average molecular weight is 497 g/mol. The zero-order valence-electron chi connectivity index (χ0n) is 20.0. The summed E-state index contributed by atoms with van der Waals surface area (Å²) >= 11 is 0. The number of nitrogens with two attached hydrogens (primary N) is 1.